The van der Waals surface area contributed by atoms with E-state index >= 15 is 0 Å². The van der Waals surface area contributed by atoms with E-state index in [0.717, 1.165) is 11.3 Å². The Morgan fingerprint density at radius 3 is 2.33 bits per heavy atom. The second-order valence-electron chi connectivity index (χ2n) is 3.56. The molecule has 4 heteroatoms. The number of benzene rings is 1. The number of hydrogen-bond acceptors (Lipinski definition) is 4. The van der Waals surface area contributed by atoms with Crippen LogP contribution < -0.4 is 4.74 Å². The molecule has 1 aromatic carbocycles. The zero-order valence-electron chi connectivity index (χ0n) is 10.9. The fourth-order valence-electron chi connectivity index (χ4n) is 1.28. The third kappa shape index (κ3) is 6.27. The summed E-state index contributed by atoms with van der Waals surface area (Å²) < 4.78 is 20.5. The maximum Gasteiger partial charge on any atom is 0.119 e. The van der Waals surface area contributed by atoms with Gasteiger partial charge < -0.3 is 18.9 Å². The van der Waals surface area contributed by atoms with Gasteiger partial charge in [0.25, 0.3) is 0 Å². The van der Waals surface area contributed by atoms with Gasteiger partial charge in [0, 0.05) is 7.11 Å². The molecule has 0 N–H and O–H groups in total. The highest BCUT2D eigenvalue weighted by Crippen LogP contribution is 2.13. The van der Waals surface area contributed by atoms with Crippen LogP contribution in [0.1, 0.15) is 5.56 Å². The van der Waals surface area contributed by atoms with E-state index < -0.39 is 0 Å². The van der Waals surface area contributed by atoms with E-state index in [1.807, 2.05) is 30.3 Å². The van der Waals surface area contributed by atoms with Gasteiger partial charge in [0.1, 0.15) is 12.4 Å². The van der Waals surface area contributed by atoms with Crippen LogP contribution in [-0.2, 0) is 14.2 Å². The van der Waals surface area contributed by atoms with Crippen molar-refractivity contribution in [2.45, 2.75) is 0 Å². The van der Waals surface area contributed by atoms with Gasteiger partial charge >= 0.3 is 0 Å². The van der Waals surface area contributed by atoms with Gasteiger partial charge in [0.15, 0.2) is 0 Å². The monoisotopic (exact) mass is 252 g/mol. The molecule has 18 heavy (non-hydrogen) atoms. The SMILES string of the molecule is COC=Cc1ccc(OCCOCCOC)cc1. The van der Waals surface area contributed by atoms with Crippen LogP contribution in [0.15, 0.2) is 30.5 Å². The Kier molecular flexibility index (Phi) is 7.68. The van der Waals surface area contributed by atoms with Crippen molar-refractivity contribution in [1.82, 2.24) is 0 Å². The van der Waals surface area contributed by atoms with E-state index in [1.165, 1.54) is 0 Å². The van der Waals surface area contributed by atoms with E-state index in [-0.39, 0.29) is 0 Å². The van der Waals surface area contributed by atoms with E-state index in [2.05, 4.69) is 0 Å². The lowest BCUT2D eigenvalue weighted by Crippen LogP contribution is -2.09. The average molecular weight is 252 g/mol. The topological polar surface area (TPSA) is 36.9 Å². The first-order chi connectivity index (χ1) is 8.86. The minimum absolute atomic E-state index is 0.539. The first kappa shape index (κ1) is 14.5. The number of rotatable bonds is 9. The molecule has 0 radical (unpaired) electrons. The first-order valence-electron chi connectivity index (χ1n) is 5.85. The number of methoxy groups -OCH3 is 2. The molecule has 100 valence electrons. The molecule has 0 amide bonds. The molecule has 0 heterocycles. The zero-order valence-corrected chi connectivity index (χ0v) is 10.9. The van der Waals surface area contributed by atoms with Crippen LogP contribution in [0.3, 0.4) is 0 Å². The smallest absolute Gasteiger partial charge is 0.119 e. The third-order valence-corrected chi connectivity index (χ3v) is 2.20. The molecule has 0 aliphatic carbocycles. The highest BCUT2D eigenvalue weighted by atomic mass is 16.5. The molecule has 0 saturated heterocycles. The second-order valence-corrected chi connectivity index (χ2v) is 3.56. The van der Waals surface area contributed by atoms with Gasteiger partial charge in [0.05, 0.1) is 33.2 Å². The lowest BCUT2D eigenvalue weighted by Gasteiger charge is -2.07. The molecule has 4 nitrogen and oxygen atoms in total. The molecule has 0 aromatic heterocycles. The molecule has 0 aliphatic rings. The van der Waals surface area contributed by atoms with Crippen molar-refractivity contribution in [3.8, 4) is 5.75 Å². The number of ether oxygens (including phenoxy) is 4. The summed E-state index contributed by atoms with van der Waals surface area (Å²) in [5.41, 5.74) is 1.07. The maximum absolute atomic E-state index is 5.52. The fourth-order valence-corrected chi connectivity index (χ4v) is 1.28. The summed E-state index contributed by atoms with van der Waals surface area (Å²) in [7, 11) is 3.27. The molecular weight excluding hydrogens is 232 g/mol. The van der Waals surface area contributed by atoms with Crippen molar-refractivity contribution in [3.63, 3.8) is 0 Å². The van der Waals surface area contributed by atoms with Crippen LogP contribution in [0.25, 0.3) is 6.08 Å². The summed E-state index contributed by atoms with van der Waals surface area (Å²) >= 11 is 0. The van der Waals surface area contributed by atoms with Gasteiger partial charge in [0.2, 0.25) is 0 Å². The van der Waals surface area contributed by atoms with E-state index in [0.29, 0.717) is 26.4 Å². The van der Waals surface area contributed by atoms with Crippen LogP contribution in [0, 0.1) is 0 Å². The minimum atomic E-state index is 0.539. The van der Waals surface area contributed by atoms with E-state index in [1.54, 1.807) is 20.5 Å². The molecule has 0 unspecified atom stereocenters. The first-order valence-corrected chi connectivity index (χ1v) is 5.85. The Bertz CT molecular complexity index is 332. The molecule has 0 aliphatic heterocycles. The molecule has 0 fully saturated rings. The highest BCUT2D eigenvalue weighted by molar-refractivity contribution is 5.49. The van der Waals surface area contributed by atoms with Crippen molar-refractivity contribution in [1.29, 1.82) is 0 Å². The van der Waals surface area contributed by atoms with Gasteiger partial charge in [-0.05, 0) is 23.8 Å². The van der Waals surface area contributed by atoms with Gasteiger partial charge in [-0.3, -0.25) is 0 Å². The Morgan fingerprint density at radius 2 is 1.67 bits per heavy atom. The standard InChI is InChI=1S/C14H20O4/c1-15-8-7-13-3-5-14(6-4-13)18-12-11-17-10-9-16-2/h3-8H,9-12H2,1-2H3. The molecule has 1 rings (SSSR count). The molecular formula is C14H20O4. The van der Waals surface area contributed by atoms with Crippen LogP contribution in [0.4, 0.5) is 0 Å². The summed E-state index contributed by atoms with van der Waals surface area (Å²) in [5, 5.41) is 0. The third-order valence-electron chi connectivity index (χ3n) is 2.20. The van der Waals surface area contributed by atoms with E-state index in [9.17, 15) is 0 Å². The molecule has 1 aromatic rings. The largest absolute Gasteiger partial charge is 0.504 e. The quantitative estimate of drug-likeness (QED) is 0.499. The van der Waals surface area contributed by atoms with E-state index in [4.69, 9.17) is 18.9 Å². The van der Waals surface area contributed by atoms with Crippen molar-refractivity contribution in [3.05, 3.63) is 36.1 Å². The summed E-state index contributed by atoms with van der Waals surface area (Å²) in [6.45, 7) is 2.31. The Balaban J connectivity index is 2.20. The predicted octanol–water partition coefficient (Wildman–Crippen LogP) is 2.35. The maximum atomic E-state index is 5.52. The highest BCUT2D eigenvalue weighted by Gasteiger charge is 1.94. The normalized spacial score (nSPS) is 10.8. The predicted molar refractivity (Wildman–Crippen MR) is 70.7 cm³/mol. The van der Waals surface area contributed by atoms with Crippen molar-refractivity contribution in [2.24, 2.45) is 0 Å². The second kappa shape index (κ2) is 9.50. The Hall–Kier alpha value is -1.52. The van der Waals surface area contributed by atoms with Crippen molar-refractivity contribution in [2.75, 3.05) is 40.6 Å². The Morgan fingerprint density at radius 1 is 0.944 bits per heavy atom. The van der Waals surface area contributed by atoms with Gasteiger partial charge in [-0.15, -0.1) is 0 Å². The van der Waals surface area contributed by atoms with Gasteiger partial charge in [-0.25, -0.2) is 0 Å². The molecule has 0 spiro atoms. The lowest BCUT2D eigenvalue weighted by atomic mass is 10.2. The van der Waals surface area contributed by atoms with Crippen LogP contribution >= 0.6 is 0 Å². The van der Waals surface area contributed by atoms with Gasteiger partial charge in [-0.2, -0.15) is 0 Å². The summed E-state index contributed by atoms with van der Waals surface area (Å²) in [6, 6.07) is 7.78. The number of hydrogen-bond donors (Lipinski definition) is 0. The fraction of sp³-hybridized carbons (Fsp3) is 0.429. The summed E-state index contributed by atoms with van der Waals surface area (Å²) in [5.74, 6) is 0.833. The van der Waals surface area contributed by atoms with Gasteiger partial charge in [-0.1, -0.05) is 12.1 Å². The minimum Gasteiger partial charge on any atom is -0.504 e. The summed E-state index contributed by atoms with van der Waals surface area (Å²) in [6.07, 6.45) is 3.52. The van der Waals surface area contributed by atoms with Crippen LogP contribution in [-0.4, -0.2) is 40.6 Å². The van der Waals surface area contributed by atoms with Crippen molar-refractivity contribution < 1.29 is 18.9 Å². The zero-order chi connectivity index (χ0) is 13.1. The lowest BCUT2D eigenvalue weighted by molar-refractivity contribution is 0.0544. The Labute approximate surface area is 108 Å². The average Bonchev–Trinajstić information content (AvgIpc) is 2.42. The van der Waals surface area contributed by atoms with Crippen LogP contribution in [0.5, 0.6) is 5.75 Å². The molecule has 0 saturated carbocycles. The molecule has 0 atom stereocenters. The molecule has 0 bridgehead atoms. The van der Waals surface area contributed by atoms with Crippen LogP contribution in [0.2, 0.25) is 0 Å². The van der Waals surface area contributed by atoms with Crippen molar-refractivity contribution >= 4 is 6.08 Å². The summed E-state index contributed by atoms with van der Waals surface area (Å²) in [4.78, 5) is 0.